The fourth-order valence-electron chi connectivity index (χ4n) is 4.64. The van der Waals surface area contributed by atoms with Crippen LogP contribution in [0.2, 0.25) is 0 Å². The van der Waals surface area contributed by atoms with E-state index < -0.39 is 23.2 Å². The van der Waals surface area contributed by atoms with Gasteiger partial charge in [0, 0.05) is 97.0 Å². The average Bonchev–Trinajstić information content (AvgIpc) is 2.77. The van der Waals surface area contributed by atoms with Gasteiger partial charge >= 0.3 is 23.2 Å². The van der Waals surface area contributed by atoms with Crippen molar-refractivity contribution in [1.29, 1.82) is 0 Å². The Labute approximate surface area is 221 Å². The third-order valence-corrected chi connectivity index (χ3v) is 18.3. The van der Waals surface area contributed by atoms with Gasteiger partial charge in [-0.15, -0.1) is 28.0 Å². The lowest BCUT2D eigenvalue weighted by Gasteiger charge is -2.45. The van der Waals surface area contributed by atoms with Gasteiger partial charge in [0.05, 0.1) is 6.54 Å². The Bertz CT molecular complexity index is 927. The molecule has 0 radical (unpaired) electrons. The minimum absolute atomic E-state index is 0.709. The molecule has 1 atom stereocenters. The first-order valence-electron chi connectivity index (χ1n) is 12.0. The molecule has 1 aliphatic rings. The molecule has 13 heteroatoms. The van der Waals surface area contributed by atoms with E-state index in [1.54, 1.807) is 0 Å². The van der Waals surface area contributed by atoms with Gasteiger partial charge in [-0.1, -0.05) is 34.7 Å². The zero-order valence-electron chi connectivity index (χ0n) is 24.6. The van der Waals surface area contributed by atoms with E-state index in [-0.39, 0.29) is 0 Å². The molecule has 0 spiro atoms. The van der Waals surface area contributed by atoms with E-state index in [0.29, 0.717) is 6.54 Å². The smallest absolute Gasteiger partial charge is 0.307 e. The molecular formula is C23H49N10P3+2. The van der Waals surface area contributed by atoms with Crippen molar-refractivity contribution in [3.05, 3.63) is 47.7 Å². The predicted octanol–water partition coefficient (Wildman–Crippen LogP) is 4.66. The van der Waals surface area contributed by atoms with Gasteiger partial charge in [-0.25, -0.2) is 4.76 Å². The van der Waals surface area contributed by atoms with E-state index in [4.69, 9.17) is 9.28 Å². The Hall–Kier alpha value is -0.760. The molecule has 0 bridgehead atoms. The summed E-state index contributed by atoms with van der Waals surface area (Å²) in [7, 11) is 18.3. The van der Waals surface area contributed by atoms with E-state index in [1.807, 2.05) is 12.3 Å². The van der Waals surface area contributed by atoms with Crippen molar-refractivity contribution < 1.29 is 0 Å². The fourth-order valence-corrected chi connectivity index (χ4v) is 18.6. The highest BCUT2D eigenvalue weighted by Gasteiger charge is 2.58. The standard InChI is InChI=1S/C23H49N10P3/c1-22-15-17-23(18-16-22)21-33-20-14-19-24-34(33,25-35(27(2)3,28(4)5)29(6)7)26-36(30(8)9,31(10)11)32(12)13/h14-20,25H,21H2,1-13H3/q+2. The maximum absolute atomic E-state index is 5.84. The summed E-state index contributed by atoms with van der Waals surface area (Å²) in [6, 6.07) is 8.75. The molecule has 0 saturated heterocycles. The van der Waals surface area contributed by atoms with Crippen molar-refractivity contribution >= 4 is 29.5 Å². The molecular weight excluding hydrogens is 509 g/mol. The van der Waals surface area contributed by atoms with Gasteiger partial charge in [-0.3, -0.25) is 0 Å². The topological polar surface area (TPSA) is 59.4 Å². The van der Waals surface area contributed by atoms with Crippen LogP contribution in [0.4, 0.5) is 0 Å². The van der Waals surface area contributed by atoms with Crippen LogP contribution in [0.25, 0.3) is 0 Å². The summed E-state index contributed by atoms with van der Waals surface area (Å²) < 4.78 is 27.1. The quantitative estimate of drug-likeness (QED) is 0.394. The van der Waals surface area contributed by atoms with Crippen LogP contribution in [-0.2, 0) is 6.54 Å². The van der Waals surface area contributed by atoms with Crippen molar-refractivity contribution in [2.75, 3.05) is 84.6 Å². The van der Waals surface area contributed by atoms with Gasteiger partial charge in [0.15, 0.2) is 0 Å². The maximum Gasteiger partial charge on any atom is 0.357 e. The second-order valence-corrected chi connectivity index (χ2v) is 20.5. The lowest BCUT2D eigenvalue weighted by atomic mass is 10.1. The first-order valence-corrected chi connectivity index (χ1v) is 16.9. The number of hydrogen-bond donors (Lipinski definition) is 1. The third kappa shape index (κ3) is 6.10. The number of hydrogen-bond acceptors (Lipinski definition) is 7. The Balaban J connectivity index is 2.92. The number of nitrogens with zero attached hydrogens (tertiary/aromatic N) is 9. The monoisotopic (exact) mass is 558 g/mol. The van der Waals surface area contributed by atoms with E-state index >= 15 is 0 Å². The second-order valence-electron chi connectivity index (χ2n) is 10.1. The molecule has 0 aromatic heterocycles. The number of rotatable bonds is 11. The molecule has 0 amide bonds. The fraction of sp³-hybridized carbons (Fsp3) is 0.609. The molecule has 2 rings (SSSR count). The molecule has 1 aliphatic heterocycles. The normalized spacial score (nSPS) is 19.1. The summed E-state index contributed by atoms with van der Waals surface area (Å²) in [6.45, 7) is 2.83. The van der Waals surface area contributed by atoms with Crippen LogP contribution < -0.4 is 4.86 Å². The first-order chi connectivity index (χ1) is 16.7. The zero-order valence-corrected chi connectivity index (χ0v) is 27.3. The molecule has 36 heavy (non-hydrogen) atoms. The van der Waals surface area contributed by atoms with Crippen LogP contribution in [0.15, 0.2) is 45.8 Å². The predicted molar refractivity (Wildman–Crippen MR) is 163 cm³/mol. The summed E-state index contributed by atoms with van der Waals surface area (Å²) in [5, 5.41) is 0. The average molecular weight is 559 g/mol. The van der Waals surface area contributed by atoms with Crippen LogP contribution in [-0.4, -0.2) is 123 Å². The minimum Gasteiger partial charge on any atom is -0.307 e. The van der Waals surface area contributed by atoms with Crippen molar-refractivity contribution in [3.8, 4) is 0 Å². The molecule has 0 saturated carbocycles. The molecule has 1 unspecified atom stereocenters. The second kappa shape index (κ2) is 12.4. The van der Waals surface area contributed by atoms with Crippen LogP contribution in [0, 0.1) is 6.92 Å². The number of benzene rings is 1. The molecule has 10 nitrogen and oxygen atoms in total. The van der Waals surface area contributed by atoms with E-state index in [9.17, 15) is 0 Å². The SMILES string of the molecule is Cc1ccc(CN2C=CC=NP2(=N[P+](N(C)C)(N(C)C)N(C)C)N[P+](N(C)C)(N(C)C)N(C)C)cc1. The largest absolute Gasteiger partial charge is 0.357 e. The summed E-state index contributed by atoms with van der Waals surface area (Å²) >= 11 is 0. The van der Waals surface area contributed by atoms with Crippen molar-refractivity contribution in [1.82, 2.24) is 37.6 Å². The minimum atomic E-state index is -2.70. The van der Waals surface area contributed by atoms with Gasteiger partial charge in [0.25, 0.3) is 0 Å². The lowest BCUT2D eigenvalue weighted by molar-refractivity contribution is 0.449. The van der Waals surface area contributed by atoms with E-state index in [1.165, 1.54) is 11.1 Å². The summed E-state index contributed by atoms with van der Waals surface area (Å²) in [6.07, 6.45) is 6.09. The van der Waals surface area contributed by atoms with Crippen LogP contribution in [0.5, 0.6) is 0 Å². The lowest BCUT2D eigenvalue weighted by Crippen LogP contribution is -2.45. The molecule has 1 aromatic carbocycles. The third-order valence-electron chi connectivity index (χ3n) is 6.19. The van der Waals surface area contributed by atoms with E-state index in [0.717, 1.165) is 0 Å². The van der Waals surface area contributed by atoms with Crippen molar-refractivity contribution in [3.63, 3.8) is 0 Å². The molecule has 0 aliphatic carbocycles. The Morgan fingerprint density at radius 2 is 1.25 bits per heavy atom. The number of aryl methyl sites for hydroxylation is 1. The molecule has 1 N–H and O–H groups in total. The van der Waals surface area contributed by atoms with Crippen molar-refractivity contribution in [2.24, 2.45) is 9.28 Å². The van der Waals surface area contributed by atoms with Gasteiger partial charge in [0.2, 0.25) is 0 Å². The van der Waals surface area contributed by atoms with Gasteiger partial charge in [-0.2, -0.15) is 0 Å². The van der Waals surface area contributed by atoms with Crippen molar-refractivity contribution in [2.45, 2.75) is 13.5 Å². The van der Waals surface area contributed by atoms with Crippen LogP contribution in [0.1, 0.15) is 11.1 Å². The molecule has 204 valence electrons. The zero-order chi connectivity index (χ0) is 27.5. The van der Waals surface area contributed by atoms with Gasteiger partial charge in [0.1, 0.15) is 0 Å². The highest BCUT2D eigenvalue weighted by molar-refractivity contribution is 7.83. The van der Waals surface area contributed by atoms with E-state index in [2.05, 4.69) is 160 Å². The summed E-state index contributed by atoms with van der Waals surface area (Å²) in [5.74, 6) is 0. The first kappa shape index (κ1) is 31.5. The molecule has 1 heterocycles. The van der Waals surface area contributed by atoms with Gasteiger partial charge in [-0.05, 0) is 23.1 Å². The Morgan fingerprint density at radius 3 is 1.67 bits per heavy atom. The number of allylic oxidation sites excluding steroid dienone is 1. The summed E-state index contributed by atoms with van der Waals surface area (Å²) in [4.78, 5) is 4.14. The Kier molecular flexibility index (Phi) is 10.8. The summed E-state index contributed by atoms with van der Waals surface area (Å²) in [5.41, 5.74) is 2.49. The molecule has 1 aromatic rings. The molecule has 0 fully saturated rings. The highest BCUT2D eigenvalue weighted by Crippen LogP contribution is 2.77. The maximum atomic E-state index is 5.84. The highest BCUT2D eigenvalue weighted by atomic mass is 31.3. The Morgan fingerprint density at radius 1 is 0.778 bits per heavy atom. The van der Waals surface area contributed by atoms with Crippen LogP contribution >= 0.6 is 23.2 Å². The van der Waals surface area contributed by atoms with Gasteiger partial charge < -0.3 is 4.67 Å². The van der Waals surface area contributed by atoms with Crippen LogP contribution in [0.3, 0.4) is 0 Å². The number of nitrogens with one attached hydrogen (secondary N) is 1.